The van der Waals surface area contributed by atoms with Gasteiger partial charge in [-0.25, -0.2) is 9.78 Å². The van der Waals surface area contributed by atoms with Crippen molar-refractivity contribution in [3.05, 3.63) is 58.8 Å². The Kier molecular flexibility index (Phi) is 7.82. The van der Waals surface area contributed by atoms with Crippen LogP contribution in [0.5, 0.6) is 5.88 Å². The molecular formula is C34H42N6O3. The van der Waals surface area contributed by atoms with Crippen molar-refractivity contribution in [2.24, 2.45) is 0 Å². The molecule has 1 amide bonds. The van der Waals surface area contributed by atoms with E-state index >= 15 is 0 Å². The van der Waals surface area contributed by atoms with Crippen LogP contribution in [-0.2, 0) is 17.7 Å². The Hall–Kier alpha value is -4.03. The van der Waals surface area contributed by atoms with Crippen molar-refractivity contribution in [3.63, 3.8) is 0 Å². The fraction of sp³-hybridized carbons (Fsp3) is 0.500. The van der Waals surface area contributed by atoms with Crippen molar-refractivity contribution < 1.29 is 14.3 Å². The first-order valence-corrected chi connectivity index (χ1v) is 15.4. The Morgan fingerprint density at radius 2 is 1.93 bits per heavy atom. The molecule has 1 aromatic heterocycles. The number of ether oxygens (including phenoxy) is 2. The van der Waals surface area contributed by atoms with Crippen molar-refractivity contribution in [2.45, 2.75) is 71.2 Å². The Balaban J connectivity index is 1.30. The van der Waals surface area contributed by atoms with Gasteiger partial charge in [-0.1, -0.05) is 30.3 Å². The molecule has 9 heteroatoms. The van der Waals surface area contributed by atoms with Crippen LogP contribution in [0.1, 0.15) is 56.0 Å². The van der Waals surface area contributed by atoms with Gasteiger partial charge in [0.15, 0.2) is 0 Å². The predicted molar refractivity (Wildman–Crippen MR) is 169 cm³/mol. The first-order valence-electron chi connectivity index (χ1n) is 15.4. The minimum atomic E-state index is -0.540. The Bertz CT molecular complexity index is 1560. The van der Waals surface area contributed by atoms with Crippen LogP contribution >= 0.6 is 0 Å². The summed E-state index contributed by atoms with van der Waals surface area (Å²) in [6.07, 6.45) is 2.66. The molecule has 9 nitrogen and oxygen atoms in total. The molecule has 0 bridgehead atoms. The molecule has 0 saturated carbocycles. The number of likely N-dealkylation sites (tertiary alicyclic amines) is 2. The molecule has 6 rings (SSSR count). The minimum Gasteiger partial charge on any atom is -0.475 e. The highest BCUT2D eigenvalue weighted by atomic mass is 16.6. The monoisotopic (exact) mass is 582 g/mol. The molecule has 3 aromatic rings. The highest BCUT2D eigenvalue weighted by Crippen LogP contribution is 2.38. The summed E-state index contributed by atoms with van der Waals surface area (Å²) in [6, 6.07) is 15.6. The van der Waals surface area contributed by atoms with Gasteiger partial charge in [-0.3, -0.25) is 0 Å². The van der Waals surface area contributed by atoms with E-state index in [4.69, 9.17) is 14.5 Å². The number of amides is 1. The van der Waals surface area contributed by atoms with Crippen LogP contribution < -0.4 is 15.0 Å². The molecule has 43 heavy (non-hydrogen) atoms. The number of benzene rings is 2. The zero-order valence-corrected chi connectivity index (χ0v) is 25.9. The number of aromatic nitrogens is 1. The third-order valence-electron chi connectivity index (χ3n) is 8.83. The standard InChI is InChI=1S/C34H42N6O3/c1-22-9-6-10-23-11-7-13-29(30(22)23)39-16-14-26-28(20-39)37-32(42-21-25-12-8-15-38(25)5)27(17-35)31(26)36-24-18-40(19-24)33(41)43-34(2,3)4/h6-7,9-11,13,24-25H,8,12,14-16,18-21H2,1-5H3,(H,36,37)/t25-/m0/s1. The number of nitrogens with zero attached hydrogens (tertiary/aromatic N) is 5. The van der Waals surface area contributed by atoms with E-state index in [1.807, 2.05) is 20.8 Å². The lowest BCUT2D eigenvalue weighted by Gasteiger charge is -2.41. The number of anilines is 2. The molecule has 2 aromatic carbocycles. The second-order valence-electron chi connectivity index (χ2n) is 13.1. The van der Waals surface area contributed by atoms with Crippen molar-refractivity contribution >= 4 is 28.2 Å². The molecule has 0 aliphatic carbocycles. The number of likely N-dealkylation sites (N-methyl/N-ethyl adjacent to an activating group) is 1. The Morgan fingerprint density at radius 3 is 2.63 bits per heavy atom. The summed E-state index contributed by atoms with van der Waals surface area (Å²) in [5.41, 5.74) is 5.14. The normalized spacial score (nSPS) is 19.1. The first-order chi connectivity index (χ1) is 20.6. The van der Waals surface area contributed by atoms with Gasteiger partial charge in [0.1, 0.15) is 23.8 Å². The first kappa shape index (κ1) is 29.1. The van der Waals surface area contributed by atoms with Crippen LogP contribution in [0, 0.1) is 18.3 Å². The summed E-state index contributed by atoms with van der Waals surface area (Å²) in [5, 5.41) is 16.5. The summed E-state index contributed by atoms with van der Waals surface area (Å²) >= 11 is 0. The van der Waals surface area contributed by atoms with Crippen molar-refractivity contribution in [2.75, 3.05) is 50.1 Å². The number of nitriles is 1. The Morgan fingerprint density at radius 1 is 1.16 bits per heavy atom. The molecule has 1 atom stereocenters. The second kappa shape index (κ2) is 11.6. The number of pyridine rings is 1. The lowest BCUT2D eigenvalue weighted by Crippen LogP contribution is -2.58. The van der Waals surface area contributed by atoms with Crippen LogP contribution in [-0.4, -0.2) is 78.4 Å². The predicted octanol–water partition coefficient (Wildman–Crippen LogP) is 5.48. The summed E-state index contributed by atoms with van der Waals surface area (Å²) < 4.78 is 11.9. The fourth-order valence-electron chi connectivity index (χ4n) is 6.51. The molecule has 2 saturated heterocycles. The molecule has 3 aliphatic heterocycles. The van der Waals surface area contributed by atoms with Gasteiger partial charge in [0.05, 0.1) is 24.0 Å². The molecule has 226 valence electrons. The van der Waals surface area contributed by atoms with Crippen LogP contribution in [0.4, 0.5) is 16.2 Å². The third-order valence-corrected chi connectivity index (χ3v) is 8.83. The number of carbonyl (C=O) groups is 1. The third kappa shape index (κ3) is 5.94. The lowest BCUT2D eigenvalue weighted by molar-refractivity contribution is 0.0105. The van der Waals surface area contributed by atoms with Crippen molar-refractivity contribution in [3.8, 4) is 11.9 Å². The summed E-state index contributed by atoms with van der Waals surface area (Å²) in [4.78, 5) is 24.0. The zero-order chi connectivity index (χ0) is 30.3. The van der Waals surface area contributed by atoms with Gasteiger partial charge in [-0.05, 0) is 77.6 Å². The van der Waals surface area contributed by atoms with E-state index in [1.54, 1.807) is 4.90 Å². The van der Waals surface area contributed by atoms with Crippen LogP contribution in [0.2, 0.25) is 0 Å². The van der Waals surface area contributed by atoms with Gasteiger partial charge >= 0.3 is 6.09 Å². The summed E-state index contributed by atoms with van der Waals surface area (Å²) in [7, 11) is 2.12. The number of rotatable bonds is 6. The highest BCUT2D eigenvalue weighted by Gasteiger charge is 2.36. The SMILES string of the molecule is Cc1cccc2cccc(N3CCc4c(nc(OC[C@@H]5CCCN5C)c(C#N)c4NC4CN(C(=O)OC(C)(C)C)C4)C3)c12. The lowest BCUT2D eigenvalue weighted by atomic mass is 9.96. The van der Waals surface area contributed by atoms with E-state index < -0.39 is 5.60 Å². The number of hydrogen-bond acceptors (Lipinski definition) is 8. The largest absolute Gasteiger partial charge is 0.475 e. The van der Waals surface area contributed by atoms with Crippen molar-refractivity contribution in [1.29, 1.82) is 5.26 Å². The van der Waals surface area contributed by atoms with E-state index in [0.717, 1.165) is 49.3 Å². The van der Waals surface area contributed by atoms with Crippen molar-refractivity contribution in [1.82, 2.24) is 14.8 Å². The van der Waals surface area contributed by atoms with Gasteiger partial charge in [-0.15, -0.1) is 0 Å². The fourth-order valence-corrected chi connectivity index (χ4v) is 6.51. The van der Waals surface area contributed by atoms with Gasteiger partial charge in [0, 0.05) is 42.3 Å². The molecule has 3 aliphatic rings. The van der Waals surface area contributed by atoms with E-state index in [9.17, 15) is 10.1 Å². The number of aryl methyl sites for hydroxylation is 1. The maximum Gasteiger partial charge on any atom is 0.410 e. The van der Waals surface area contributed by atoms with Gasteiger partial charge < -0.3 is 29.5 Å². The number of hydrogen-bond donors (Lipinski definition) is 1. The maximum absolute atomic E-state index is 12.6. The summed E-state index contributed by atoms with van der Waals surface area (Å²) in [5.74, 6) is 0.392. The maximum atomic E-state index is 12.6. The average Bonchev–Trinajstić information content (AvgIpc) is 3.36. The van der Waals surface area contributed by atoms with E-state index in [1.165, 1.54) is 22.0 Å². The van der Waals surface area contributed by atoms with E-state index in [-0.39, 0.29) is 12.1 Å². The summed E-state index contributed by atoms with van der Waals surface area (Å²) in [6.45, 7) is 11.8. The average molecular weight is 583 g/mol. The zero-order valence-electron chi connectivity index (χ0n) is 25.9. The number of nitrogens with one attached hydrogen (secondary N) is 1. The van der Waals surface area contributed by atoms with Gasteiger partial charge in [0.2, 0.25) is 5.88 Å². The van der Waals surface area contributed by atoms with Gasteiger partial charge in [0.25, 0.3) is 0 Å². The molecule has 4 heterocycles. The van der Waals surface area contributed by atoms with Crippen LogP contribution in [0.3, 0.4) is 0 Å². The molecule has 0 radical (unpaired) electrons. The second-order valence-corrected chi connectivity index (χ2v) is 13.1. The highest BCUT2D eigenvalue weighted by molar-refractivity contribution is 5.97. The number of carbonyl (C=O) groups excluding carboxylic acids is 1. The molecular weight excluding hydrogens is 540 g/mol. The van der Waals surface area contributed by atoms with Crippen LogP contribution in [0.15, 0.2) is 36.4 Å². The Labute approximate surface area is 254 Å². The number of fused-ring (bicyclic) bond motifs is 2. The van der Waals surface area contributed by atoms with Gasteiger partial charge in [-0.2, -0.15) is 5.26 Å². The van der Waals surface area contributed by atoms with E-state index in [2.05, 4.69) is 71.6 Å². The molecule has 1 N–H and O–H groups in total. The molecule has 2 fully saturated rings. The topological polar surface area (TPSA) is 94.0 Å². The smallest absolute Gasteiger partial charge is 0.410 e. The van der Waals surface area contributed by atoms with Crippen LogP contribution in [0.25, 0.3) is 10.8 Å². The quantitative estimate of drug-likeness (QED) is 0.408. The van der Waals surface area contributed by atoms with E-state index in [0.29, 0.717) is 43.7 Å². The molecule has 0 spiro atoms. The minimum absolute atomic E-state index is 0.0127. The molecule has 0 unspecified atom stereocenters.